The molecule has 0 aliphatic carbocycles. The van der Waals surface area contributed by atoms with Crippen molar-refractivity contribution in [1.29, 1.82) is 0 Å². The zero-order valence-electron chi connectivity index (χ0n) is 10.0. The first-order chi connectivity index (χ1) is 8.70. The molecule has 1 heterocycles. The summed E-state index contributed by atoms with van der Waals surface area (Å²) in [5.74, 6) is 0.906. The molecule has 0 amide bonds. The number of nitrogens with zero attached hydrogens (tertiary/aromatic N) is 3. The van der Waals surface area contributed by atoms with Crippen LogP contribution in [-0.4, -0.2) is 21.5 Å². The first-order valence-electron chi connectivity index (χ1n) is 5.58. The van der Waals surface area contributed by atoms with Gasteiger partial charge in [-0.2, -0.15) is 0 Å². The Morgan fingerprint density at radius 2 is 2.33 bits per heavy atom. The van der Waals surface area contributed by atoms with Gasteiger partial charge in [-0.1, -0.05) is 12.1 Å². The average Bonchev–Trinajstić information content (AvgIpc) is 2.77. The summed E-state index contributed by atoms with van der Waals surface area (Å²) in [6, 6.07) is 6.65. The Bertz CT molecular complexity index is 551. The molecule has 0 unspecified atom stereocenters. The van der Waals surface area contributed by atoms with Gasteiger partial charge >= 0.3 is 0 Å². The number of nitrogens with one attached hydrogen (secondary N) is 1. The Morgan fingerprint density at radius 3 is 3.06 bits per heavy atom. The van der Waals surface area contributed by atoms with Gasteiger partial charge in [0.1, 0.15) is 5.82 Å². The molecule has 6 nitrogen and oxygen atoms in total. The molecule has 6 heteroatoms. The lowest BCUT2D eigenvalue weighted by atomic mass is 10.2. The van der Waals surface area contributed by atoms with Crippen molar-refractivity contribution >= 4 is 5.69 Å². The smallest absolute Gasteiger partial charge is 0.269 e. The van der Waals surface area contributed by atoms with Gasteiger partial charge < -0.3 is 9.88 Å². The molecule has 0 radical (unpaired) electrons. The van der Waals surface area contributed by atoms with Crippen molar-refractivity contribution in [2.45, 2.75) is 13.1 Å². The lowest BCUT2D eigenvalue weighted by Gasteiger charge is -2.07. The van der Waals surface area contributed by atoms with E-state index in [0.29, 0.717) is 13.1 Å². The van der Waals surface area contributed by atoms with Gasteiger partial charge in [0.2, 0.25) is 0 Å². The molecule has 1 aromatic heterocycles. The molecule has 0 fully saturated rings. The summed E-state index contributed by atoms with van der Waals surface area (Å²) < 4.78 is 1.97. The molecular weight excluding hydrogens is 232 g/mol. The lowest BCUT2D eigenvalue weighted by Crippen LogP contribution is -2.12. The molecule has 0 aliphatic heterocycles. The first kappa shape index (κ1) is 12.3. The number of benzene rings is 1. The van der Waals surface area contributed by atoms with Crippen LogP contribution in [0.2, 0.25) is 0 Å². The number of nitro groups is 1. The number of non-ortho nitro benzene ring substituents is 1. The van der Waals surface area contributed by atoms with Gasteiger partial charge in [-0.25, -0.2) is 4.98 Å². The first-order valence-corrected chi connectivity index (χ1v) is 5.58. The second kappa shape index (κ2) is 5.42. The van der Waals surface area contributed by atoms with Gasteiger partial charge in [-0.3, -0.25) is 10.1 Å². The fraction of sp³-hybridized carbons (Fsp3) is 0.250. The minimum atomic E-state index is -0.383. The molecule has 18 heavy (non-hydrogen) atoms. The summed E-state index contributed by atoms with van der Waals surface area (Å²) in [7, 11) is 1.85. The summed E-state index contributed by atoms with van der Waals surface area (Å²) in [5.41, 5.74) is 1.00. The predicted molar refractivity (Wildman–Crippen MR) is 67.2 cm³/mol. The van der Waals surface area contributed by atoms with Crippen LogP contribution in [-0.2, 0) is 13.1 Å². The highest BCUT2D eigenvalue weighted by atomic mass is 16.6. The van der Waals surface area contributed by atoms with E-state index in [1.54, 1.807) is 18.3 Å². The normalized spacial score (nSPS) is 10.5. The van der Waals surface area contributed by atoms with Crippen LogP contribution in [0.15, 0.2) is 36.7 Å². The number of imidazole rings is 1. The van der Waals surface area contributed by atoms with E-state index >= 15 is 0 Å². The Kier molecular flexibility index (Phi) is 3.69. The summed E-state index contributed by atoms with van der Waals surface area (Å²) in [6.07, 6.45) is 3.59. The molecule has 0 saturated heterocycles. The third-order valence-electron chi connectivity index (χ3n) is 2.61. The maximum atomic E-state index is 10.7. The molecule has 2 aromatic rings. The van der Waals surface area contributed by atoms with E-state index in [2.05, 4.69) is 10.3 Å². The largest absolute Gasteiger partial charge is 0.329 e. The second-order valence-corrected chi connectivity index (χ2v) is 3.93. The molecule has 2 rings (SSSR count). The third-order valence-corrected chi connectivity index (χ3v) is 2.61. The summed E-state index contributed by atoms with van der Waals surface area (Å²) in [4.78, 5) is 14.5. The zero-order chi connectivity index (χ0) is 13.0. The van der Waals surface area contributed by atoms with Crippen molar-refractivity contribution in [3.63, 3.8) is 0 Å². The molecule has 0 bridgehead atoms. The quantitative estimate of drug-likeness (QED) is 0.641. The van der Waals surface area contributed by atoms with Crippen LogP contribution in [0.1, 0.15) is 11.4 Å². The summed E-state index contributed by atoms with van der Waals surface area (Å²) >= 11 is 0. The topological polar surface area (TPSA) is 73.0 Å². The Labute approximate surface area is 104 Å². The Balaban J connectivity index is 2.20. The highest BCUT2D eigenvalue weighted by Crippen LogP contribution is 2.14. The van der Waals surface area contributed by atoms with E-state index in [1.165, 1.54) is 6.07 Å². The average molecular weight is 246 g/mol. The molecular formula is C12H14N4O2. The maximum absolute atomic E-state index is 10.7. The second-order valence-electron chi connectivity index (χ2n) is 3.93. The number of rotatable bonds is 5. The highest BCUT2D eigenvalue weighted by Gasteiger charge is 2.07. The van der Waals surface area contributed by atoms with Crippen molar-refractivity contribution in [3.8, 4) is 0 Å². The Morgan fingerprint density at radius 1 is 1.50 bits per heavy atom. The Hall–Kier alpha value is -2.21. The van der Waals surface area contributed by atoms with E-state index in [-0.39, 0.29) is 10.6 Å². The van der Waals surface area contributed by atoms with E-state index < -0.39 is 0 Å². The lowest BCUT2D eigenvalue weighted by molar-refractivity contribution is -0.384. The predicted octanol–water partition coefficient (Wildman–Crippen LogP) is 1.56. The van der Waals surface area contributed by atoms with Gasteiger partial charge in [-0.05, 0) is 12.6 Å². The third kappa shape index (κ3) is 2.72. The van der Waals surface area contributed by atoms with Crippen LogP contribution in [0.25, 0.3) is 0 Å². The van der Waals surface area contributed by atoms with Crippen LogP contribution < -0.4 is 5.32 Å². The van der Waals surface area contributed by atoms with E-state index in [4.69, 9.17) is 0 Å². The molecule has 0 saturated carbocycles. The monoisotopic (exact) mass is 246 g/mol. The standard InChI is InChI=1S/C12H14N4O2/c1-13-8-12-14-5-6-15(12)9-10-3-2-4-11(7-10)16(17)18/h2-7,13H,8-9H2,1H3. The number of hydrogen-bond donors (Lipinski definition) is 1. The summed E-state index contributed by atoms with van der Waals surface area (Å²) in [5, 5.41) is 13.7. The minimum Gasteiger partial charge on any atom is -0.329 e. The van der Waals surface area contributed by atoms with E-state index in [1.807, 2.05) is 23.9 Å². The highest BCUT2D eigenvalue weighted by molar-refractivity contribution is 5.34. The zero-order valence-corrected chi connectivity index (χ0v) is 10.0. The van der Waals surface area contributed by atoms with Crippen molar-refractivity contribution in [2.75, 3.05) is 7.05 Å². The van der Waals surface area contributed by atoms with E-state index in [9.17, 15) is 10.1 Å². The maximum Gasteiger partial charge on any atom is 0.269 e. The summed E-state index contributed by atoms with van der Waals surface area (Å²) in [6.45, 7) is 1.25. The fourth-order valence-corrected chi connectivity index (χ4v) is 1.77. The van der Waals surface area contributed by atoms with Gasteiger partial charge in [0.25, 0.3) is 5.69 Å². The molecule has 0 atom stereocenters. The van der Waals surface area contributed by atoms with Gasteiger partial charge in [0.05, 0.1) is 11.5 Å². The van der Waals surface area contributed by atoms with Gasteiger partial charge in [-0.15, -0.1) is 0 Å². The molecule has 0 aliphatic rings. The van der Waals surface area contributed by atoms with Crippen LogP contribution in [0.3, 0.4) is 0 Å². The van der Waals surface area contributed by atoms with Crippen molar-refractivity contribution in [3.05, 3.63) is 58.2 Å². The van der Waals surface area contributed by atoms with Crippen molar-refractivity contribution in [1.82, 2.24) is 14.9 Å². The number of aromatic nitrogens is 2. The van der Waals surface area contributed by atoms with Crippen LogP contribution in [0.5, 0.6) is 0 Å². The molecule has 94 valence electrons. The van der Waals surface area contributed by atoms with Crippen LogP contribution in [0.4, 0.5) is 5.69 Å². The van der Waals surface area contributed by atoms with Gasteiger partial charge in [0.15, 0.2) is 0 Å². The number of nitro benzene ring substituents is 1. The minimum absolute atomic E-state index is 0.114. The molecule has 1 N–H and O–H groups in total. The van der Waals surface area contributed by atoms with E-state index in [0.717, 1.165) is 11.4 Å². The molecule has 1 aromatic carbocycles. The number of hydrogen-bond acceptors (Lipinski definition) is 4. The molecule has 0 spiro atoms. The van der Waals surface area contributed by atoms with Gasteiger partial charge in [0, 0.05) is 31.1 Å². The van der Waals surface area contributed by atoms with Crippen molar-refractivity contribution in [2.24, 2.45) is 0 Å². The SMILES string of the molecule is CNCc1nccn1Cc1cccc([N+](=O)[O-])c1. The fourth-order valence-electron chi connectivity index (χ4n) is 1.77. The van der Waals surface area contributed by atoms with Crippen LogP contribution >= 0.6 is 0 Å². The van der Waals surface area contributed by atoms with Crippen LogP contribution in [0, 0.1) is 10.1 Å². The van der Waals surface area contributed by atoms with Crippen molar-refractivity contribution < 1.29 is 4.92 Å².